The molecule has 37 heavy (non-hydrogen) atoms. The molecular formula is C27H46N6O3S. The Hall–Kier alpha value is -2.01. The number of carbonyl (C=O) groups excluding carboxylic acids is 1. The molecule has 3 rings (SSSR count). The Morgan fingerprint density at radius 2 is 2.19 bits per heavy atom. The van der Waals surface area contributed by atoms with Crippen LogP contribution in [-0.4, -0.2) is 81.3 Å². The highest BCUT2D eigenvalue weighted by Crippen LogP contribution is 2.29. The van der Waals surface area contributed by atoms with Crippen LogP contribution in [0, 0.1) is 11.8 Å². The number of aliphatic imine (C=N–C) groups is 1. The van der Waals surface area contributed by atoms with Gasteiger partial charge in [-0.05, 0) is 69.3 Å². The summed E-state index contributed by atoms with van der Waals surface area (Å²) in [6, 6.07) is 0.703. The van der Waals surface area contributed by atoms with Crippen LogP contribution in [0.15, 0.2) is 40.2 Å². The third-order valence-electron chi connectivity index (χ3n) is 7.18. The van der Waals surface area contributed by atoms with Gasteiger partial charge in [-0.1, -0.05) is 6.08 Å². The number of nitrogens with two attached hydrogens (primary N) is 1. The lowest BCUT2D eigenvalue weighted by Gasteiger charge is -2.36. The molecule has 5 N–H and O–H groups in total. The number of ether oxygens (including phenoxy) is 1. The number of carbonyl (C=O) groups is 1. The molecule has 1 amide bonds. The van der Waals surface area contributed by atoms with E-state index in [1.165, 1.54) is 19.2 Å². The standard InChI is InChI=1S/C27H46N6O3S/c1-19(28)18-33(10-11-37-4)24-7-5-6-23(15-24)31-27-29-16-21(17-30-27)9-8-20-12-22(26(34)32-36-3)14-25(13-20)35-2/h6,13-14,19-21,24H,5,7-12,15-18,28H2,1-4H3,(H,32,34)(H2,29,30,31)/t19-,20+,24-/m1/s1. The summed E-state index contributed by atoms with van der Waals surface area (Å²) in [5.74, 6) is 3.26. The Bertz CT molecular complexity index is 872. The number of nitrogens with zero attached hydrogens (tertiary/aromatic N) is 2. The zero-order chi connectivity index (χ0) is 26.6. The number of allylic oxidation sites excluding steroid dienone is 3. The smallest absolute Gasteiger partial charge is 0.270 e. The highest BCUT2D eigenvalue weighted by Gasteiger charge is 2.25. The third-order valence-corrected chi connectivity index (χ3v) is 7.77. The maximum absolute atomic E-state index is 12.2. The van der Waals surface area contributed by atoms with Crippen molar-refractivity contribution in [1.82, 2.24) is 21.0 Å². The summed E-state index contributed by atoms with van der Waals surface area (Å²) in [7, 11) is 3.08. The minimum absolute atomic E-state index is 0.181. The number of hydrogen-bond donors (Lipinski definition) is 4. The van der Waals surface area contributed by atoms with Crippen LogP contribution < -0.4 is 21.8 Å². The Morgan fingerprint density at radius 1 is 1.35 bits per heavy atom. The van der Waals surface area contributed by atoms with Gasteiger partial charge >= 0.3 is 0 Å². The van der Waals surface area contributed by atoms with E-state index in [1.807, 2.05) is 11.8 Å². The van der Waals surface area contributed by atoms with Crippen molar-refractivity contribution in [2.24, 2.45) is 22.6 Å². The lowest BCUT2D eigenvalue weighted by molar-refractivity contribution is -0.127. The van der Waals surface area contributed by atoms with Crippen molar-refractivity contribution < 1.29 is 14.4 Å². The first kappa shape index (κ1) is 29.5. The van der Waals surface area contributed by atoms with E-state index in [9.17, 15) is 4.79 Å². The molecule has 0 fully saturated rings. The normalized spacial score (nSPS) is 24.8. The molecule has 0 aromatic heterocycles. The molecule has 0 aromatic rings. The maximum atomic E-state index is 12.2. The molecule has 2 aliphatic carbocycles. The van der Waals surface area contributed by atoms with Gasteiger partial charge in [-0.2, -0.15) is 11.8 Å². The van der Waals surface area contributed by atoms with Gasteiger partial charge in [-0.3, -0.25) is 19.5 Å². The average Bonchev–Trinajstić information content (AvgIpc) is 2.90. The summed E-state index contributed by atoms with van der Waals surface area (Å²) in [5, 5.41) is 7.08. The molecule has 4 atom stereocenters. The topological polar surface area (TPSA) is 113 Å². The summed E-state index contributed by atoms with van der Waals surface area (Å²) in [5.41, 5.74) is 10.5. The van der Waals surface area contributed by atoms with E-state index in [-0.39, 0.29) is 17.9 Å². The first-order chi connectivity index (χ1) is 17.9. The number of hydrogen-bond acceptors (Lipinski definition) is 9. The number of guanidine groups is 1. The number of methoxy groups -OCH3 is 1. The van der Waals surface area contributed by atoms with Crippen molar-refractivity contribution in [3.05, 3.63) is 35.3 Å². The molecule has 0 saturated heterocycles. The molecule has 0 bridgehead atoms. The van der Waals surface area contributed by atoms with Crippen molar-refractivity contribution in [3.63, 3.8) is 0 Å². The van der Waals surface area contributed by atoms with Crippen LogP contribution in [0.3, 0.4) is 0 Å². The Balaban J connectivity index is 1.46. The number of thioether (sulfide) groups is 1. The van der Waals surface area contributed by atoms with Crippen LogP contribution in [-0.2, 0) is 14.4 Å². The lowest BCUT2D eigenvalue weighted by Crippen LogP contribution is -2.47. The van der Waals surface area contributed by atoms with Crippen LogP contribution in [0.1, 0.15) is 45.4 Å². The summed E-state index contributed by atoms with van der Waals surface area (Å²) < 4.78 is 5.42. The number of rotatable bonds is 13. The Kier molecular flexibility index (Phi) is 12.3. The molecule has 0 saturated carbocycles. The van der Waals surface area contributed by atoms with Crippen molar-refractivity contribution >= 4 is 23.6 Å². The summed E-state index contributed by atoms with van der Waals surface area (Å²) >= 11 is 1.89. The molecule has 0 spiro atoms. The monoisotopic (exact) mass is 534 g/mol. The van der Waals surface area contributed by atoms with Crippen molar-refractivity contribution in [2.75, 3.05) is 52.4 Å². The number of amides is 1. The number of hydroxylamine groups is 1. The van der Waals surface area contributed by atoms with E-state index in [0.717, 1.165) is 69.3 Å². The average molecular weight is 535 g/mol. The van der Waals surface area contributed by atoms with Gasteiger partial charge in [0.15, 0.2) is 5.96 Å². The molecule has 208 valence electrons. The molecular weight excluding hydrogens is 488 g/mol. The molecule has 0 unspecified atom stereocenters. The second-order valence-corrected chi connectivity index (χ2v) is 11.3. The highest BCUT2D eigenvalue weighted by atomic mass is 32.2. The van der Waals surface area contributed by atoms with E-state index in [4.69, 9.17) is 20.3 Å². The van der Waals surface area contributed by atoms with Gasteiger partial charge in [0.25, 0.3) is 5.91 Å². The van der Waals surface area contributed by atoms with Crippen LogP contribution in [0.2, 0.25) is 0 Å². The second kappa shape index (κ2) is 15.4. The van der Waals surface area contributed by atoms with E-state index in [1.54, 1.807) is 13.2 Å². The molecule has 1 aliphatic heterocycles. The first-order valence-electron chi connectivity index (χ1n) is 13.4. The van der Waals surface area contributed by atoms with Gasteiger partial charge in [0, 0.05) is 61.7 Å². The lowest BCUT2D eigenvalue weighted by atomic mass is 9.86. The van der Waals surface area contributed by atoms with Gasteiger partial charge in [0.05, 0.1) is 14.2 Å². The third kappa shape index (κ3) is 9.67. The maximum Gasteiger partial charge on any atom is 0.270 e. The fourth-order valence-electron chi connectivity index (χ4n) is 5.25. The molecule has 9 nitrogen and oxygen atoms in total. The predicted molar refractivity (Wildman–Crippen MR) is 152 cm³/mol. The molecule has 3 aliphatic rings. The van der Waals surface area contributed by atoms with Crippen LogP contribution in [0.25, 0.3) is 0 Å². The van der Waals surface area contributed by atoms with E-state index >= 15 is 0 Å². The summed E-state index contributed by atoms with van der Waals surface area (Å²) in [6.45, 7) is 5.81. The van der Waals surface area contributed by atoms with Gasteiger partial charge in [0.2, 0.25) is 0 Å². The van der Waals surface area contributed by atoms with Gasteiger partial charge < -0.3 is 21.1 Å². The van der Waals surface area contributed by atoms with Crippen molar-refractivity contribution in [1.29, 1.82) is 0 Å². The van der Waals surface area contributed by atoms with E-state index < -0.39 is 0 Å². The van der Waals surface area contributed by atoms with Crippen LogP contribution in [0.4, 0.5) is 0 Å². The Labute approximate surface area is 226 Å². The fraction of sp³-hybridized carbons (Fsp3) is 0.704. The minimum Gasteiger partial charge on any atom is -0.497 e. The number of nitrogens with one attached hydrogen (secondary N) is 3. The largest absolute Gasteiger partial charge is 0.497 e. The zero-order valence-electron chi connectivity index (χ0n) is 22.9. The quantitative estimate of drug-likeness (QED) is 0.267. The zero-order valence-corrected chi connectivity index (χ0v) is 23.7. The Morgan fingerprint density at radius 3 is 2.86 bits per heavy atom. The molecule has 0 radical (unpaired) electrons. The van der Waals surface area contributed by atoms with Gasteiger partial charge in [0.1, 0.15) is 5.76 Å². The van der Waals surface area contributed by atoms with Crippen molar-refractivity contribution in [3.8, 4) is 0 Å². The predicted octanol–water partition coefficient (Wildman–Crippen LogP) is 2.53. The fourth-order valence-corrected chi connectivity index (χ4v) is 5.66. The molecule has 10 heteroatoms. The van der Waals surface area contributed by atoms with Gasteiger partial charge in [-0.15, -0.1) is 0 Å². The summed E-state index contributed by atoms with van der Waals surface area (Å²) in [4.78, 5) is 24.4. The summed E-state index contributed by atoms with van der Waals surface area (Å²) in [6.07, 6.45) is 14.4. The van der Waals surface area contributed by atoms with E-state index in [2.05, 4.69) is 46.3 Å². The second-order valence-electron chi connectivity index (χ2n) is 10.3. The first-order valence-corrected chi connectivity index (χ1v) is 14.8. The van der Waals surface area contributed by atoms with E-state index in [0.29, 0.717) is 24.0 Å². The molecule has 0 aromatic carbocycles. The highest BCUT2D eigenvalue weighted by molar-refractivity contribution is 7.98. The SMILES string of the molecule is CONC(=O)C1=CC(OC)=C[C@@H](CC[C@H]2CN=C(NC3=CCC[C@@H](N(CCSC)C[C@@H](C)N)C3)NC2)C1. The molecule has 1 heterocycles. The van der Waals surface area contributed by atoms with Crippen LogP contribution >= 0.6 is 11.8 Å². The van der Waals surface area contributed by atoms with Gasteiger partial charge in [-0.25, -0.2) is 5.48 Å². The minimum atomic E-state index is -0.209. The van der Waals surface area contributed by atoms with Crippen LogP contribution in [0.5, 0.6) is 0 Å². The van der Waals surface area contributed by atoms with Crippen molar-refractivity contribution in [2.45, 2.75) is 57.5 Å².